The van der Waals surface area contributed by atoms with Gasteiger partial charge in [0, 0.05) is 30.8 Å². The van der Waals surface area contributed by atoms with Crippen molar-refractivity contribution >= 4 is 23.5 Å². The van der Waals surface area contributed by atoms with Crippen molar-refractivity contribution in [3.8, 4) is 0 Å². The van der Waals surface area contributed by atoms with Gasteiger partial charge in [0.15, 0.2) is 0 Å². The van der Waals surface area contributed by atoms with Crippen molar-refractivity contribution in [2.75, 3.05) is 18.4 Å². The standard InChI is InChI=1S/C19H24N4OS/c1-14(2)19(24)23-9-8-16(12-23)21-17-10-20-11-18(22-17)25-13-15-6-4-3-5-7-15/h3-7,10-11,14,16H,8-9,12-13H2,1-2H3,(H,21,22). The first kappa shape index (κ1) is 17.7. The molecule has 2 heterocycles. The number of nitrogens with zero attached hydrogens (tertiary/aromatic N) is 3. The summed E-state index contributed by atoms with van der Waals surface area (Å²) < 4.78 is 0. The van der Waals surface area contributed by atoms with Crippen LogP contribution in [0, 0.1) is 5.92 Å². The number of carbonyl (C=O) groups is 1. The topological polar surface area (TPSA) is 58.1 Å². The Labute approximate surface area is 153 Å². The normalized spacial score (nSPS) is 17.1. The molecule has 0 spiro atoms. The maximum absolute atomic E-state index is 12.1. The van der Waals surface area contributed by atoms with Crippen molar-refractivity contribution < 1.29 is 4.79 Å². The molecule has 1 saturated heterocycles. The third kappa shape index (κ3) is 4.95. The highest BCUT2D eigenvalue weighted by molar-refractivity contribution is 7.98. The molecule has 0 saturated carbocycles. The molecule has 1 aliphatic rings. The minimum atomic E-state index is 0.0521. The highest BCUT2D eigenvalue weighted by Crippen LogP contribution is 2.22. The molecule has 5 nitrogen and oxygen atoms in total. The average Bonchev–Trinajstić information content (AvgIpc) is 3.09. The van der Waals surface area contributed by atoms with Crippen LogP contribution in [0.3, 0.4) is 0 Å². The summed E-state index contributed by atoms with van der Waals surface area (Å²) in [6, 6.07) is 10.6. The number of hydrogen-bond acceptors (Lipinski definition) is 5. The SMILES string of the molecule is CC(C)C(=O)N1CCC(Nc2cncc(SCc3ccccc3)n2)C1. The van der Waals surface area contributed by atoms with E-state index >= 15 is 0 Å². The largest absolute Gasteiger partial charge is 0.364 e. The van der Waals surface area contributed by atoms with Crippen molar-refractivity contribution in [3.63, 3.8) is 0 Å². The molecule has 1 N–H and O–H groups in total. The third-order valence-electron chi connectivity index (χ3n) is 4.19. The van der Waals surface area contributed by atoms with E-state index in [1.807, 2.05) is 36.9 Å². The number of hydrogen-bond donors (Lipinski definition) is 1. The van der Waals surface area contributed by atoms with E-state index in [1.165, 1.54) is 5.56 Å². The molecule has 1 fully saturated rings. The Morgan fingerprint density at radius 2 is 2.12 bits per heavy atom. The zero-order chi connectivity index (χ0) is 17.6. The van der Waals surface area contributed by atoms with E-state index < -0.39 is 0 Å². The van der Waals surface area contributed by atoms with Crippen molar-refractivity contribution in [3.05, 3.63) is 48.3 Å². The van der Waals surface area contributed by atoms with Gasteiger partial charge in [-0.3, -0.25) is 9.78 Å². The fourth-order valence-corrected chi connectivity index (χ4v) is 3.68. The molecule has 25 heavy (non-hydrogen) atoms. The van der Waals surface area contributed by atoms with Gasteiger partial charge in [-0.25, -0.2) is 4.98 Å². The molecule has 132 valence electrons. The quantitative estimate of drug-likeness (QED) is 0.804. The lowest BCUT2D eigenvalue weighted by atomic mass is 10.2. The van der Waals surface area contributed by atoms with Crippen LogP contribution in [-0.2, 0) is 10.5 Å². The highest BCUT2D eigenvalue weighted by atomic mass is 32.2. The predicted molar refractivity (Wildman–Crippen MR) is 101 cm³/mol. The number of likely N-dealkylation sites (tertiary alicyclic amines) is 1. The van der Waals surface area contributed by atoms with Crippen LogP contribution in [0.1, 0.15) is 25.8 Å². The average molecular weight is 356 g/mol. The molecule has 3 rings (SSSR count). The van der Waals surface area contributed by atoms with Crippen LogP contribution in [0.25, 0.3) is 0 Å². The fraction of sp³-hybridized carbons (Fsp3) is 0.421. The Kier molecular flexibility index (Phi) is 5.91. The third-order valence-corrected chi connectivity index (χ3v) is 5.16. The van der Waals surface area contributed by atoms with Gasteiger partial charge in [0.1, 0.15) is 10.8 Å². The zero-order valence-corrected chi connectivity index (χ0v) is 15.5. The van der Waals surface area contributed by atoms with Gasteiger partial charge < -0.3 is 10.2 Å². The number of nitrogens with one attached hydrogen (secondary N) is 1. The van der Waals surface area contributed by atoms with E-state index in [1.54, 1.807) is 24.2 Å². The van der Waals surface area contributed by atoms with E-state index in [0.29, 0.717) is 0 Å². The molecule has 0 bridgehead atoms. The Hall–Kier alpha value is -2.08. The molecular formula is C19H24N4OS. The number of rotatable bonds is 6. The molecule has 1 aromatic carbocycles. The second-order valence-electron chi connectivity index (χ2n) is 6.59. The second-order valence-corrected chi connectivity index (χ2v) is 7.58. The number of benzene rings is 1. The van der Waals surface area contributed by atoms with E-state index in [2.05, 4.69) is 27.4 Å². The van der Waals surface area contributed by atoms with Crippen LogP contribution >= 0.6 is 11.8 Å². The van der Waals surface area contributed by atoms with Crippen LogP contribution in [0.2, 0.25) is 0 Å². The fourth-order valence-electron chi connectivity index (χ4n) is 2.87. The number of thioether (sulfide) groups is 1. The lowest BCUT2D eigenvalue weighted by molar-refractivity contribution is -0.133. The molecule has 0 radical (unpaired) electrons. The van der Waals surface area contributed by atoms with Crippen LogP contribution in [-0.4, -0.2) is 39.9 Å². The summed E-state index contributed by atoms with van der Waals surface area (Å²) in [6.45, 7) is 5.44. The van der Waals surface area contributed by atoms with Crippen LogP contribution in [0.15, 0.2) is 47.8 Å². The van der Waals surface area contributed by atoms with E-state index in [0.717, 1.165) is 36.1 Å². The summed E-state index contributed by atoms with van der Waals surface area (Å²) in [5.74, 6) is 1.93. The molecule has 1 aromatic heterocycles. The van der Waals surface area contributed by atoms with Crippen molar-refractivity contribution in [2.45, 2.75) is 37.1 Å². The molecule has 6 heteroatoms. The molecule has 1 unspecified atom stereocenters. The summed E-state index contributed by atoms with van der Waals surface area (Å²) >= 11 is 1.68. The van der Waals surface area contributed by atoms with Crippen LogP contribution < -0.4 is 5.32 Å². The van der Waals surface area contributed by atoms with Crippen LogP contribution in [0.4, 0.5) is 5.82 Å². The first-order valence-electron chi connectivity index (χ1n) is 8.66. The molecule has 0 aliphatic carbocycles. The lowest BCUT2D eigenvalue weighted by Crippen LogP contribution is -2.34. The van der Waals surface area contributed by atoms with Gasteiger partial charge in [0.05, 0.1) is 12.4 Å². The monoisotopic (exact) mass is 356 g/mol. The molecule has 1 amide bonds. The van der Waals surface area contributed by atoms with Gasteiger partial charge >= 0.3 is 0 Å². The highest BCUT2D eigenvalue weighted by Gasteiger charge is 2.27. The summed E-state index contributed by atoms with van der Waals surface area (Å²) in [5, 5.41) is 4.33. The van der Waals surface area contributed by atoms with E-state index in [4.69, 9.17) is 0 Å². The number of amides is 1. The minimum Gasteiger partial charge on any atom is -0.364 e. The zero-order valence-electron chi connectivity index (χ0n) is 14.7. The van der Waals surface area contributed by atoms with Crippen LogP contribution in [0.5, 0.6) is 0 Å². The predicted octanol–water partition coefficient (Wildman–Crippen LogP) is 3.44. The Morgan fingerprint density at radius 3 is 2.88 bits per heavy atom. The molecule has 2 aromatic rings. The number of aromatic nitrogens is 2. The van der Waals surface area contributed by atoms with E-state index in [-0.39, 0.29) is 17.9 Å². The van der Waals surface area contributed by atoms with Gasteiger partial charge in [-0.2, -0.15) is 0 Å². The maximum Gasteiger partial charge on any atom is 0.225 e. The second kappa shape index (κ2) is 8.34. The summed E-state index contributed by atoms with van der Waals surface area (Å²) in [6.07, 6.45) is 4.49. The smallest absolute Gasteiger partial charge is 0.225 e. The van der Waals surface area contributed by atoms with Crippen molar-refractivity contribution in [1.82, 2.24) is 14.9 Å². The van der Waals surface area contributed by atoms with Gasteiger partial charge in [-0.05, 0) is 12.0 Å². The van der Waals surface area contributed by atoms with Gasteiger partial charge in [0.2, 0.25) is 5.91 Å². The lowest BCUT2D eigenvalue weighted by Gasteiger charge is -2.19. The molecule has 1 aliphatic heterocycles. The minimum absolute atomic E-state index is 0.0521. The molecular weight excluding hydrogens is 332 g/mol. The number of carbonyl (C=O) groups excluding carboxylic acids is 1. The summed E-state index contributed by atoms with van der Waals surface area (Å²) in [4.78, 5) is 23.0. The van der Waals surface area contributed by atoms with E-state index in [9.17, 15) is 4.79 Å². The maximum atomic E-state index is 12.1. The van der Waals surface area contributed by atoms with Crippen molar-refractivity contribution in [2.24, 2.45) is 5.92 Å². The Bertz CT molecular complexity index is 708. The first-order chi connectivity index (χ1) is 12.1. The van der Waals surface area contributed by atoms with Gasteiger partial charge in [0.25, 0.3) is 0 Å². The van der Waals surface area contributed by atoms with Gasteiger partial charge in [-0.1, -0.05) is 44.2 Å². The Morgan fingerprint density at radius 1 is 1.32 bits per heavy atom. The molecule has 1 atom stereocenters. The Balaban J connectivity index is 1.54. The summed E-state index contributed by atoms with van der Waals surface area (Å²) in [7, 11) is 0. The summed E-state index contributed by atoms with van der Waals surface area (Å²) in [5.41, 5.74) is 1.27. The van der Waals surface area contributed by atoms with Gasteiger partial charge in [-0.15, -0.1) is 11.8 Å². The van der Waals surface area contributed by atoms with Crippen molar-refractivity contribution in [1.29, 1.82) is 0 Å². The first-order valence-corrected chi connectivity index (χ1v) is 9.64. The number of anilines is 1.